The average Bonchev–Trinajstić information content (AvgIpc) is 2.47. The fourth-order valence-electron chi connectivity index (χ4n) is 1.72. The molecule has 0 aliphatic carbocycles. The largest absolute Gasteiger partial charge is 0.353 e. The smallest absolute Gasteiger partial charge is 0.274 e. The number of likely N-dealkylation sites (N-methyl/N-ethyl adjacent to an activating group) is 1. The zero-order valence-electron chi connectivity index (χ0n) is 12.5. The molecule has 6 nitrogen and oxygen atoms in total. The van der Waals surface area contributed by atoms with E-state index in [0.717, 1.165) is 6.54 Å². The van der Waals surface area contributed by atoms with Gasteiger partial charge >= 0.3 is 0 Å². The molecule has 22 heavy (non-hydrogen) atoms. The lowest BCUT2D eigenvalue weighted by Gasteiger charge is -2.10. The summed E-state index contributed by atoms with van der Waals surface area (Å²) in [6.45, 7) is 1.49. The van der Waals surface area contributed by atoms with Crippen LogP contribution in [0.25, 0.3) is 0 Å². The molecule has 0 radical (unpaired) electrons. The Kier molecular flexibility index (Phi) is 5.37. The third-order valence-electron chi connectivity index (χ3n) is 2.81. The van der Waals surface area contributed by atoms with E-state index < -0.39 is 11.7 Å². The Morgan fingerprint density at radius 3 is 2.86 bits per heavy atom. The Hall–Kier alpha value is -2.54. The first-order valence-corrected chi connectivity index (χ1v) is 6.83. The number of rotatable bonds is 6. The molecule has 0 aliphatic rings. The number of hydrogen-bond acceptors (Lipinski definition) is 5. The van der Waals surface area contributed by atoms with E-state index in [9.17, 15) is 9.18 Å². The number of benzene rings is 1. The summed E-state index contributed by atoms with van der Waals surface area (Å²) in [4.78, 5) is 22.3. The number of carbonyl (C=O) groups is 1. The molecule has 0 saturated heterocycles. The van der Waals surface area contributed by atoms with Crippen molar-refractivity contribution in [1.29, 1.82) is 0 Å². The van der Waals surface area contributed by atoms with Gasteiger partial charge in [-0.15, -0.1) is 0 Å². The highest BCUT2D eigenvalue weighted by atomic mass is 19.1. The SMILES string of the molecule is CN(C)CCNc1nccc(C(=O)Nc2cccc(F)c2)n1. The summed E-state index contributed by atoms with van der Waals surface area (Å²) >= 11 is 0. The second-order valence-corrected chi connectivity index (χ2v) is 4.96. The molecule has 0 fully saturated rings. The predicted molar refractivity (Wildman–Crippen MR) is 83.4 cm³/mol. The van der Waals surface area contributed by atoms with Crippen LogP contribution in [0.3, 0.4) is 0 Å². The van der Waals surface area contributed by atoms with Crippen LogP contribution in [0, 0.1) is 5.82 Å². The molecular formula is C15H18FN5O. The highest BCUT2D eigenvalue weighted by Crippen LogP contribution is 2.11. The molecule has 7 heteroatoms. The van der Waals surface area contributed by atoms with Gasteiger partial charge in [0, 0.05) is 25.0 Å². The Balaban J connectivity index is 2.00. The van der Waals surface area contributed by atoms with Crippen LogP contribution in [-0.4, -0.2) is 48.0 Å². The summed E-state index contributed by atoms with van der Waals surface area (Å²) in [6.07, 6.45) is 1.51. The highest BCUT2D eigenvalue weighted by molar-refractivity contribution is 6.02. The number of aromatic nitrogens is 2. The number of carbonyl (C=O) groups excluding carboxylic acids is 1. The molecule has 0 unspecified atom stereocenters. The van der Waals surface area contributed by atoms with E-state index >= 15 is 0 Å². The van der Waals surface area contributed by atoms with E-state index in [1.165, 1.54) is 30.5 Å². The Morgan fingerprint density at radius 1 is 1.32 bits per heavy atom. The van der Waals surface area contributed by atoms with Crippen LogP contribution in [0.1, 0.15) is 10.5 Å². The molecule has 1 aromatic heterocycles. The van der Waals surface area contributed by atoms with Crippen LogP contribution in [0.15, 0.2) is 36.5 Å². The molecule has 2 N–H and O–H groups in total. The molecule has 1 aromatic carbocycles. The first-order chi connectivity index (χ1) is 10.5. The van der Waals surface area contributed by atoms with Crippen molar-refractivity contribution in [1.82, 2.24) is 14.9 Å². The van der Waals surface area contributed by atoms with E-state index in [-0.39, 0.29) is 5.69 Å². The maximum absolute atomic E-state index is 13.1. The number of nitrogens with one attached hydrogen (secondary N) is 2. The van der Waals surface area contributed by atoms with Crippen LogP contribution in [0.2, 0.25) is 0 Å². The zero-order chi connectivity index (χ0) is 15.9. The molecule has 0 bridgehead atoms. The van der Waals surface area contributed by atoms with Crippen LogP contribution >= 0.6 is 0 Å². The normalized spacial score (nSPS) is 10.5. The number of nitrogens with zero attached hydrogens (tertiary/aromatic N) is 3. The van der Waals surface area contributed by atoms with E-state index in [0.29, 0.717) is 18.2 Å². The molecule has 2 rings (SSSR count). The minimum atomic E-state index is -0.413. The second kappa shape index (κ2) is 7.46. The lowest BCUT2D eigenvalue weighted by atomic mass is 10.3. The van der Waals surface area contributed by atoms with E-state index in [4.69, 9.17) is 0 Å². The van der Waals surface area contributed by atoms with E-state index in [1.54, 1.807) is 6.07 Å². The van der Waals surface area contributed by atoms with Crippen molar-refractivity contribution in [3.8, 4) is 0 Å². The third kappa shape index (κ3) is 4.78. The van der Waals surface area contributed by atoms with Crippen molar-refractivity contribution >= 4 is 17.5 Å². The monoisotopic (exact) mass is 303 g/mol. The molecule has 0 atom stereocenters. The topological polar surface area (TPSA) is 70.2 Å². The average molecular weight is 303 g/mol. The molecule has 0 spiro atoms. The van der Waals surface area contributed by atoms with Gasteiger partial charge in [-0.3, -0.25) is 4.79 Å². The van der Waals surface area contributed by atoms with Gasteiger partial charge in [-0.25, -0.2) is 14.4 Å². The Bertz CT molecular complexity index is 647. The van der Waals surface area contributed by atoms with E-state index in [1.807, 2.05) is 19.0 Å². The van der Waals surface area contributed by atoms with Crippen LogP contribution in [-0.2, 0) is 0 Å². The fourth-order valence-corrected chi connectivity index (χ4v) is 1.72. The lowest BCUT2D eigenvalue weighted by Crippen LogP contribution is -2.22. The molecule has 0 saturated carbocycles. The van der Waals surface area contributed by atoms with Gasteiger partial charge in [0.25, 0.3) is 5.91 Å². The van der Waals surface area contributed by atoms with Crippen molar-refractivity contribution in [2.75, 3.05) is 37.8 Å². The molecule has 1 amide bonds. The molecule has 1 heterocycles. The number of hydrogen-bond donors (Lipinski definition) is 2. The number of anilines is 2. The van der Waals surface area contributed by atoms with Crippen molar-refractivity contribution in [3.63, 3.8) is 0 Å². The van der Waals surface area contributed by atoms with Crippen LogP contribution in [0.5, 0.6) is 0 Å². The summed E-state index contributed by atoms with van der Waals surface area (Å²) in [5.74, 6) is -0.441. The van der Waals surface area contributed by atoms with Gasteiger partial charge < -0.3 is 15.5 Å². The summed E-state index contributed by atoms with van der Waals surface area (Å²) in [5, 5.41) is 5.64. The first kappa shape index (κ1) is 15.8. The van der Waals surface area contributed by atoms with Gasteiger partial charge in [-0.2, -0.15) is 0 Å². The zero-order valence-corrected chi connectivity index (χ0v) is 12.5. The second-order valence-electron chi connectivity index (χ2n) is 4.96. The van der Waals surface area contributed by atoms with Gasteiger partial charge in [0.1, 0.15) is 11.5 Å². The van der Waals surface area contributed by atoms with E-state index in [2.05, 4.69) is 20.6 Å². The van der Waals surface area contributed by atoms with Crippen LogP contribution < -0.4 is 10.6 Å². The van der Waals surface area contributed by atoms with Crippen molar-refractivity contribution < 1.29 is 9.18 Å². The quantitative estimate of drug-likeness (QED) is 0.852. The summed E-state index contributed by atoms with van der Waals surface area (Å²) in [6, 6.07) is 7.20. The first-order valence-electron chi connectivity index (χ1n) is 6.83. The number of halogens is 1. The van der Waals surface area contributed by atoms with Gasteiger partial charge in [0.15, 0.2) is 0 Å². The maximum Gasteiger partial charge on any atom is 0.274 e. The van der Waals surface area contributed by atoms with Gasteiger partial charge in [-0.1, -0.05) is 6.07 Å². The highest BCUT2D eigenvalue weighted by Gasteiger charge is 2.09. The predicted octanol–water partition coefficient (Wildman–Crippen LogP) is 1.84. The van der Waals surface area contributed by atoms with Crippen molar-refractivity contribution in [3.05, 3.63) is 48.0 Å². The maximum atomic E-state index is 13.1. The summed E-state index contributed by atoms with van der Waals surface area (Å²) < 4.78 is 13.1. The summed E-state index contributed by atoms with van der Waals surface area (Å²) in [5.41, 5.74) is 0.595. The third-order valence-corrected chi connectivity index (χ3v) is 2.81. The Labute approximate surface area is 128 Å². The minimum absolute atomic E-state index is 0.214. The van der Waals surface area contributed by atoms with Gasteiger partial charge in [0.05, 0.1) is 0 Å². The fraction of sp³-hybridized carbons (Fsp3) is 0.267. The molecule has 116 valence electrons. The van der Waals surface area contributed by atoms with Crippen molar-refractivity contribution in [2.24, 2.45) is 0 Å². The van der Waals surface area contributed by atoms with Crippen molar-refractivity contribution in [2.45, 2.75) is 0 Å². The van der Waals surface area contributed by atoms with Gasteiger partial charge in [-0.05, 0) is 38.4 Å². The Morgan fingerprint density at radius 2 is 2.14 bits per heavy atom. The minimum Gasteiger partial charge on any atom is -0.353 e. The molecular weight excluding hydrogens is 285 g/mol. The standard InChI is InChI=1S/C15H18FN5O/c1-21(2)9-8-18-15-17-7-6-13(20-15)14(22)19-12-5-3-4-11(16)10-12/h3-7,10H,8-9H2,1-2H3,(H,19,22)(H,17,18,20). The summed E-state index contributed by atoms with van der Waals surface area (Å²) in [7, 11) is 3.93. The molecule has 2 aromatic rings. The lowest BCUT2D eigenvalue weighted by molar-refractivity contribution is 0.102. The van der Waals surface area contributed by atoms with Crippen LogP contribution in [0.4, 0.5) is 16.0 Å². The number of amides is 1. The molecule has 0 aliphatic heterocycles. The van der Waals surface area contributed by atoms with Gasteiger partial charge in [0.2, 0.25) is 5.95 Å².